The minimum Gasteiger partial charge on any atom is -0.474 e. The Bertz CT molecular complexity index is 1710. The first kappa shape index (κ1) is 36.0. The van der Waals surface area contributed by atoms with Gasteiger partial charge in [-0.2, -0.15) is 4.98 Å². The smallest absolute Gasteiger partial charge is 0.259 e. The molecule has 14 heteroatoms. The monoisotopic (exact) mass is 709 g/mol. The number of allylic oxidation sites excluding steroid dienone is 1. The number of hydrogen-bond donors (Lipinski definition) is 2. The number of fused-ring (bicyclic) bond motifs is 1. The molecule has 3 aliphatic carbocycles. The number of unbranched alkanes of at least 4 members (excludes halogenated alkanes) is 2. The predicted molar refractivity (Wildman–Crippen MR) is 191 cm³/mol. The lowest BCUT2D eigenvalue weighted by Crippen LogP contribution is -2.54. The highest BCUT2D eigenvalue weighted by molar-refractivity contribution is 7.91. The van der Waals surface area contributed by atoms with Gasteiger partial charge in [0.05, 0.1) is 28.0 Å². The number of aromatic nitrogens is 2. The van der Waals surface area contributed by atoms with Gasteiger partial charge in [-0.1, -0.05) is 31.6 Å². The molecule has 0 spiro atoms. The number of rotatable bonds is 15. The summed E-state index contributed by atoms with van der Waals surface area (Å²) in [4.78, 5) is 57.5. The van der Waals surface area contributed by atoms with Crippen LogP contribution in [0.25, 0.3) is 10.9 Å². The second kappa shape index (κ2) is 14.8. The van der Waals surface area contributed by atoms with Crippen molar-refractivity contribution in [3.05, 3.63) is 36.9 Å². The van der Waals surface area contributed by atoms with Gasteiger partial charge in [0.2, 0.25) is 33.7 Å². The Kier molecular flexibility index (Phi) is 10.7. The summed E-state index contributed by atoms with van der Waals surface area (Å²) >= 11 is 0. The lowest BCUT2D eigenvalue weighted by Gasteiger charge is -2.32. The van der Waals surface area contributed by atoms with E-state index in [1.54, 1.807) is 11.9 Å². The molecule has 0 radical (unpaired) electrons. The molecule has 0 unspecified atom stereocenters. The highest BCUT2D eigenvalue weighted by Crippen LogP contribution is 2.48. The molecule has 0 bridgehead atoms. The first-order valence-electron chi connectivity index (χ1n) is 18.1. The van der Waals surface area contributed by atoms with Crippen LogP contribution < -0.4 is 19.7 Å². The largest absolute Gasteiger partial charge is 0.474 e. The summed E-state index contributed by atoms with van der Waals surface area (Å²) < 4.78 is 34.2. The zero-order valence-electron chi connectivity index (χ0n) is 29.5. The van der Waals surface area contributed by atoms with Crippen LogP contribution in [-0.4, -0.2) is 110 Å². The number of ether oxygens (including phenoxy) is 1. The lowest BCUT2D eigenvalue weighted by molar-refractivity contribution is -0.140. The Morgan fingerprint density at radius 3 is 2.48 bits per heavy atom. The number of likely N-dealkylation sites (N-methyl/N-ethyl adjacent to an activating group) is 1. The molecule has 1 saturated heterocycles. The normalized spacial score (nSPS) is 26.7. The number of anilines is 1. The molecule has 4 aliphatic rings. The maximum Gasteiger partial charge on any atom is 0.259 e. The van der Waals surface area contributed by atoms with Gasteiger partial charge in [-0.05, 0) is 76.5 Å². The van der Waals surface area contributed by atoms with Gasteiger partial charge in [0.15, 0.2) is 0 Å². The number of benzene rings is 1. The fraction of sp³-hybridized carbons (Fsp3) is 0.639. The van der Waals surface area contributed by atoms with E-state index < -0.39 is 50.6 Å². The fourth-order valence-corrected chi connectivity index (χ4v) is 8.78. The van der Waals surface area contributed by atoms with Gasteiger partial charge in [0.25, 0.3) is 5.91 Å². The van der Waals surface area contributed by atoms with Crippen molar-refractivity contribution >= 4 is 44.6 Å². The summed E-state index contributed by atoms with van der Waals surface area (Å²) in [5.41, 5.74) is -0.573. The van der Waals surface area contributed by atoms with Crippen molar-refractivity contribution in [2.75, 3.05) is 51.7 Å². The zero-order chi connectivity index (χ0) is 35.6. The maximum absolute atomic E-state index is 14.2. The molecule has 1 aromatic heterocycles. The van der Waals surface area contributed by atoms with Crippen molar-refractivity contribution in [1.29, 1.82) is 0 Å². The van der Waals surface area contributed by atoms with Gasteiger partial charge in [-0.15, -0.1) is 6.58 Å². The molecule has 3 saturated carbocycles. The molecule has 5 atom stereocenters. The van der Waals surface area contributed by atoms with Crippen LogP contribution in [0.15, 0.2) is 36.9 Å². The van der Waals surface area contributed by atoms with Crippen molar-refractivity contribution in [3.8, 4) is 5.88 Å². The summed E-state index contributed by atoms with van der Waals surface area (Å²) in [6.07, 6.45) is 6.43. The standard InChI is InChI=1S/C36H51N7O6S/c1-5-7-8-11-16-42(4)33(45)29-22-25(49-32-27-12-9-10-13-30(27)37-35(38-32)43-19-17-41(3)18-20-43)21-28(29)31(44)39-36(23-24(36)6-2)34(46)40-50(47,48)26-14-15-26/h5,9-10,12-13,24-26,28-29H,1,6-8,11,14-23H2,2-4H3,(H,39,44)(H,40,46)/t24-,25-,28-,29-,36-/m1/s1. The van der Waals surface area contributed by atoms with E-state index in [1.165, 1.54) is 0 Å². The number of piperazine rings is 1. The summed E-state index contributed by atoms with van der Waals surface area (Å²) in [5, 5.41) is 3.14. The number of sulfonamides is 1. The molecule has 6 rings (SSSR count). The predicted octanol–water partition coefficient (Wildman–Crippen LogP) is 2.86. The highest BCUT2D eigenvalue weighted by Gasteiger charge is 2.62. The third-order valence-corrected chi connectivity index (χ3v) is 12.7. The minimum atomic E-state index is -3.80. The average Bonchev–Trinajstić information content (AvgIpc) is 4.03. The summed E-state index contributed by atoms with van der Waals surface area (Å²) in [7, 11) is 0.0487. The van der Waals surface area contributed by atoms with Crippen LogP contribution in [0, 0.1) is 17.8 Å². The van der Waals surface area contributed by atoms with Gasteiger partial charge in [0, 0.05) is 39.8 Å². The number of hydrogen-bond acceptors (Lipinski definition) is 10. The van der Waals surface area contributed by atoms with Gasteiger partial charge >= 0.3 is 0 Å². The van der Waals surface area contributed by atoms with E-state index >= 15 is 0 Å². The van der Waals surface area contributed by atoms with Gasteiger partial charge in [-0.25, -0.2) is 13.4 Å². The Morgan fingerprint density at radius 2 is 1.80 bits per heavy atom. The van der Waals surface area contributed by atoms with Crippen molar-refractivity contribution < 1.29 is 27.5 Å². The number of nitrogens with zero attached hydrogens (tertiary/aromatic N) is 5. The van der Waals surface area contributed by atoms with Crippen LogP contribution in [0.1, 0.15) is 64.7 Å². The number of carbonyl (C=O) groups is 3. The van der Waals surface area contributed by atoms with Crippen LogP contribution in [0.2, 0.25) is 0 Å². The van der Waals surface area contributed by atoms with E-state index in [1.807, 2.05) is 37.3 Å². The number of carbonyl (C=O) groups excluding carboxylic acids is 3. The van der Waals surface area contributed by atoms with E-state index in [4.69, 9.17) is 14.7 Å². The molecular weight excluding hydrogens is 659 g/mol. The number of amides is 3. The third-order valence-electron chi connectivity index (χ3n) is 10.9. The van der Waals surface area contributed by atoms with Crippen molar-refractivity contribution in [2.24, 2.45) is 17.8 Å². The molecule has 272 valence electrons. The molecule has 2 aromatic rings. The molecular formula is C36H51N7O6S. The molecule has 2 N–H and O–H groups in total. The average molecular weight is 710 g/mol. The van der Waals surface area contributed by atoms with Crippen LogP contribution >= 0.6 is 0 Å². The van der Waals surface area contributed by atoms with Crippen LogP contribution in [0.4, 0.5) is 5.95 Å². The van der Waals surface area contributed by atoms with Crippen molar-refractivity contribution in [3.63, 3.8) is 0 Å². The van der Waals surface area contributed by atoms with Crippen LogP contribution in [-0.2, 0) is 24.4 Å². The SMILES string of the molecule is C=CCCCCN(C)C(=O)[C@@H]1C[C@H](Oc2nc(N3CCN(C)CC3)nc3ccccc23)C[C@H]1C(=O)N[C@]1(C(=O)NS(=O)(=O)C2CC2)C[C@H]1CC. The molecule has 3 amide bonds. The molecule has 4 fully saturated rings. The zero-order valence-corrected chi connectivity index (χ0v) is 30.3. The van der Waals surface area contributed by atoms with Gasteiger partial charge in [-0.3, -0.25) is 19.1 Å². The Balaban J connectivity index is 1.24. The van der Waals surface area contributed by atoms with Crippen LogP contribution in [0.5, 0.6) is 5.88 Å². The molecule has 13 nitrogen and oxygen atoms in total. The Labute approximate surface area is 295 Å². The minimum absolute atomic E-state index is 0.154. The highest BCUT2D eigenvalue weighted by atomic mass is 32.2. The molecule has 1 aromatic carbocycles. The molecule has 2 heterocycles. The Hall–Kier alpha value is -3.78. The first-order chi connectivity index (χ1) is 24.0. The summed E-state index contributed by atoms with van der Waals surface area (Å²) in [6, 6.07) is 7.66. The van der Waals surface area contributed by atoms with E-state index in [-0.39, 0.29) is 18.2 Å². The topological polar surface area (TPSA) is 154 Å². The first-order valence-corrected chi connectivity index (χ1v) is 19.6. The summed E-state index contributed by atoms with van der Waals surface area (Å²) in [6.45, 7) is 9.58. The second-order valence-electron chi connectivity index (χ2n) is 14.6. The fourth-order valence-electron chi connectivity index (χ4n) is 7.42. The molecule has 1 aliphatic heterocycles. The lowest BCUT2D eigenvalue weighted by atomic mass is 9.93. The van der Waals surface area contributed by atoms with E-state index in [0.29, 0.717) is 50.5 Å². The van der Waals surface area contributed by atoms with E-state index in [0.717, 1.165) is 56.3 Å². The summed E-state index contributed by atoms with van der Waals surface area (Å²) in [5.74, 6) is -1.96. The number of nitrogens with one attached hydrogen (secondary N) is 2. The van der Waals surface area contributed by atoms with Crippen molar-refractivity contribution in [1.82, 2.24) is 29.8 Å². The third kappa shape index (κ3) is 7.75. The van der Waals surface area contributed by atoms with E-state index in [9.17, 15) is 22.8 Å². The Morgan fingerprint density at radius 1 is 1.08 bits per heavy atom. The van der Waals surface area contributed by atoms with Gasteiger partial charge in [0.1, 0.15) is 11.6 Å². The number of para-hydroxylation sites is 1. The quantitative estimate of drug-likeness (QED) is 0.209. The maximum atomic E-state index is 14.2. The second-order valence-corrected chi connectivity index (χ2v) is 16.5. The van der Waals surface area contributed by atoms with Crippen molar-refractivity contribution in [2.45, 2.75) is 81.6 Å². The van der Waals surface area contributed by atoms with Gasteiger partial charge < -0.3 is 24.8 Å². The van der Waals surface area contributed by atoms with Crippen LogP contribution in [0.3, 0.4) is 0 Å². The molecule has 50 heavy (non-hydrogen) atoms. The van der Waals surface area contributed by atoms with E-state index in [2.05, 4.69) is 33.5 Å².